The molecule has 2 aromatic rings. The lowest BCUT2D eigenvalue weighted by Crippen LogP contribution is -2.23. The first kappa shape index (κ1) is 18.6. The Kier molecular flexibility index (Phi) is 6.65. The average Bonchev–Trinajstić information content (AvgIpc) is 2.64. The van der Waals surface area contributed by atoms with Crippen LogP contribution in [0.15, 0.2) is 48.5 Å². The molecular formula is C19H22N2O4. The third-order valence-corrected chi connectivity index (χ3v) is 3.99. The van der Waals surface area contributed by atoms with Crippen LogP contribution in [0.4, 0.5) is 5.69 Å². The summed E-state index contributed by atoms with van der Waals surface area (Å²) in [5.74, 6) is -0.487. The number of nitro benzene ring substituents is 1. The van der Waals surface area contributed by atoms with Crippen LogP contribution in [0.3, 0.4) is 0 Å². The van der Waals surface area contributed by atoms with Crippen molar-refractivity contribution in [2.24, 2.45) is 0 Å². The third-order valence-electron chi connectivity index (χ3n) is 3.99. The van der Waals surface area contributed by atoms with E-state index in [1.54, 1.807) is 6.07 Å². The van der Waals surface area contributed by atoms with Gasteiger partial charge >= 0.3 is 0 Å². The fourth-order valence-corrected chi connectivity index (χ4v) is 2.52. The molecule has 0 aliphatic carbocycles. The molecule has 2 rings (SSSR count). The number of unbranched alkanes of at least 4 members (excludes halogenated alkanes) is 1. The minimum absolute atomic E-state index is 0.0408. The van der Waals surface area contributed by atoms with Gasteiger partial charge in [-0.15, -0.1) is 0 Å². The quantitative estimate of drug-likeness (QED) is 0.564. The lowest BCUT2D eigenvalue weighted by molar-refractivity contribution is -0.385. The minimum Gasteiger partial charge on any atom is -0.388 e. The maximum absolute atomic E-state index is 12.2. The second-order valence-electron chi connectivity index (χ2n) is 5.86. The number of hydrogen-bond donors (Lipinski definition) is 2. The van der Waals surface area contributed by atoms with Gasteiger partial charge in [0.2, 0.25) is 0 Å². The van der Waals surface area contributed by atoms with E-state index in [1.807, 2.05) is 24.3 Å². The van der Waals surface area contributed by atoms with Gasteiger partial charge < -0.3 is 10.4 Å². The van der Waals surface area contributed by atoms with Gasteiger partial charge in [0.05, 0.1) is 11.0 Å². The van der Waals surface area contributed by atoms with E-state index in [0.29, 0.717) is 0 Å². The molecule has 6 nitrogen and oxygen atoms in total. The van der Waals surface area contributed by atoms with Gasteiger partial charge in [-0.05, 0) is 23.6 Å². The standard InChI is InChI=1S/C19H22N2O4/c1-2-3-8-18(22)15-11-9-14(10-12-15)13-20-19(23)16-6-4-5-7-17(16)21(24)25/h4-7,9-12,18,22H,2-3,8,13H2,1H3,(H,20,23). The molecule has 0 radical (unpaired) electrons. The van der Waals surface area contributed by atoms with E-state index in [1.165, 1.54) is 18.2 Å². The Balaban J connectivity index is 1.97. The van der Waals surface area contributed by atoms with E-state index < -0.39 is 16.9 Å². The summed E-state index contributed by atoms with van der Waals surface area (Å²) in [5, 5.41) is 23.7. The molecule has 1 atom stereocenters. The molecule has 0 saturated heterocycles. The number of carbonyl (C=O) groups is 1. The van der Waals surface area contributed by atoms with E-state index >= 15 is 0 Å². The van der Waals surface area contributed by atoms with Crippen molar-refractivity contribution in [3.8, 4) is 0 Å². The molecule has 0 saturated carbocycles. The van der Waals surface area contributed by atoms with Gasteiger partial charge in [-0.3, -0.25) is 14.9 Å². The van der Waals surface area contributed by atoms with Crippen LogP contribution in [-0.4, -0.2) is 15.9 Å². The molecule has 6 heteroatoms. The van der Waals surface area contributed by atoms with Crippen LogP contribution in [0, 0.1) is 10.1 Å². The second kappa shape index (κ2) is 8.94. The summed E-state index contributed by atoms with van der Waals surface area (Å²) in [7, 11) is 0. The molecule has 0 heterocycles. The van der Waals surface area contributed by atoms with Gasteiger partial charge in [0.25, 0.3) is 11.6 Å². The summed E-state index contributed by atoms with van der Waals surface area (Å²) in [6.07, 6.45) is 2.25. The largest absolute Gasteiger partial charge is 0.388 e. The van der Waals surface area contributed by atoms with Gasteiger partial charge in [-0.2, -0.15) is 0 Å². The van der Waals surface area contributed by atoms with Crippen molar-refractivity contribution < 1.29 is 14.8 Å². The number of carbonyl (C=O) groups excluding carboxylic acids is 1. The topological polar surface area (TPSA) is 92.5 Å². The molecule has 2 N–H and O–H groups in total. The second-order valence-corrected chi connectivity index (χ2v) is 5.86. The number of hydrogen-bond acceptors (Lipinski definition) is 4. The Hall–Kier alpha value is -2.73. The summed E-state index contributed by atoms with van der Waals surface area (Å²) < 4.78 is 0. The molecule has 0 aromatic heterocycles. The molecule has 132 valence electrons. The highest BCUT2D eigenvalue weighted by molar-refractivity contribution is 5.98. The van der Waals surface area contributed by atoms with Crippen LogP contribution < -0.4 is 5.32 Å². The minimum atomic E-state index is -0.568. The van der Waals surface area contributed by atoms with Crippen molar-refractivity contribution in [2.75, 3.05) is 0 Å². The van der Waals surface area contributed by atoms with Crippen molar-refractivity contribution in [1.29, 1.82) is 0 Å². The highest BCUT2D eigenvalue weighted by Gasteiger charge is 2.18. The number of amides is 1. The lowest BCUT2D eigenvalue weighted by Gasteiger charge is -2.11. The third kappa shape index (κ3) is 5.12. The smallest absolute Gasteiger partial charge is 0.282 e. The first-order valence-corrected chi connectivity index (χ1v) is 8.31. The van der Waals surface area contributed by atoms with Crippen molar-refractivity contribution >= 4 is 11.6 Å². The Morgan fingerprint density at radius 1 is 1.20 bits per heavy atom. The van der Waals surface area contributed by atoms with Crippen molar-refractivity contribution in [3.63, 3.8) is 0 Å². The normalized spacial score (nSPS) is 11.8. The van der Waals surface area contributed by atoms with Crippen LogP contribution in [-0.2, 0) is 6.54 Å². The Morgan fingerprint density at radius 3 is 2.52 bits per heavy atom. The molecule has 2 aromatic carbocycles. The maximum Gasteiger partial charge on any atom is 0.282 e. The summed E-state index contributed by atoms with van der Waals surface area (Å²) in [4.78, 5) is 22.6. The van der Waals surface area contributed by atoms with Crippen LogP contribution >= 0.6 is 0 Å². The van der Waals surface area contributed by atoms with Crippen molar-refractivity contribution in [3.05, 3.63) is 75.3 Å². The molecule has 0 aliphatic heterocycles. The van der Waals surface area contributed by atoms with E-state index in [9.17, 15) is 20.0 Å². The lowest BCUT2D eigenvalue weighted by atomic mass is 10.0. The van der Waals surface area contributed by atoms with Gasteiger partial charge in [0, 0.05) is 12.6 Å². The predicted octanol–water partition coefficient (Wildman–Crippen LogP) is 3.75. The highest BCUT2D eigenvalue weighted by atomic mass is 16.6. The maximum atomic E-state index is 12.2. The zero-order valence-electron chi connectivity index (χ0n) is 14.1. The zero-order valence-corrected chi connectivity index (χ0v) is 14.1. The van der Waals surface area contributed by atoms with E-state index in [-0.39, 0.29) is 17.8 Å². The van der Waals surface area contributed by atoms with Gasteiger partial charge in [-0.25, -0.2) is 0 Å². The summed E-state index contributed by atoms with van der Waals surface area (Å²) in [6, 6.07) is 13.2. The van der Waals surface area contributed by atoms with Crippen LogP contribution in [0.25, 0.3) is 0 Å². The molecule has 25 heavy (non-hydrogen) atoms. The SMILES string of the molecule is CCCCC(O)c1ccc(CNC(=O)c2ccccc2[N+](=O)[O-])cc1. The van der Waals surface area contributed by atoms with Crippen molar-refractivity contribution in [1.82, 2.24) is 5.32 Å². The fourth-order valence-electron chi connectivity index (χ4n) is 2.52. The summed E-state index contributed by atoms with van der Waals surface area (Å²) in [5.41, 5.74) is 1.54. The molecule has 1 unspecified atom stereocenters. The number of nitro groups is 1. The summed E-state index contributed by atoms with van der Waals surface area (Å²) in [6.45, 7) is 2.34. The molecular weight excluding hydrogens is 320 g/mol. The summed E-state index contributed by atoms with van der Waals surface area (Å²) >= 11 is 0. The first-order chi connectivity index (χ1) is 12.0. The predicted molar refractivity (Wildman–Crippen MR) is 95.2 cm³/mol. The number of aliphatic hydroxyl groups excluding tert-OH is 1. The number of benzene rings is 2. The van der Waals surface area contributed by atoms with E-state index in [4.69, 9.17) is 0 Å². The van der Waals surface area contributed by atoms with E-state index in [0.717, 1.165) is 30.4 Å². The molecule has 0 bridgehead atoms. The van der Waals surface area contributed by atoms with Crippen molar-refractivity contribution in [2.45, 2.75) is 38.8 Å². The average molecular weight is 342 g/mol. The molecule has 0 spiro atoms. The first-order valence-electron chi connectivity index (χ1n) is 8.31. The van der Waals surface area contributed by atoms with Gasteiger partial charge in [-0.1, -0.05) is 56.2 Å². The number of rotatable bonds is 8. The van der Waals surface area contributed by atoms with Gasteiger partial charge in [0.15, 0.2) is 0 Å². The van der Waals surface area contributed by atoms with Crippen LogP contribution in [0.1, 0.15) is 53.8 Å². The monoisotopic (exact) mass is 342 g/mol. The van der Waals surface area contributed by atoms with E-state index in [2.05, 4.69) is 12.2 Å². The Bertz CT molecular complexity index is 728. The molecule has 0 aliphatic rings. The van der Waals surface area contributed by atoms with Crippen LogP contribution in [0.2, 0.25) is 0 Å². The zero-order chi connectivity index (χ0) is 18.2. The highest BCUT2D eigenvalue weighted by Crippen LogP contribution is 2.20. The number of nitrogens with zero attached hydrogens (tertiary/aromatic N) is 1. The van der Waals surface area contributed by atoms with Gasteiger partial charge in [0.1, 0.15) is 5.56 Å². The number of aliphatic hydroxyl groups is 1. The fraction of sp³-hybridized carbons (Fsp3) is 0.316. The van der Waals surface area contributed by atoms with Crippen LogP contribution in [0.5, 0.6) is 0 Å². The Labute approximate surface area is 146 Å². The molecule has 1 amide bonds. The number of para-hydroxylation sites is 1. The Morgan fingerprint density at radius 2 is 1.88 bits per heavy atom. The number of nitrogens with one attached hydrogen (secondary N) is 1. The molecule has 0 fully saturated rings.